The van der Waals surface area contributed by atoms with Crippen molar-refractivity contribution in [2.45, 2.75) is 6.54 Å². The second-order valence-corrected chi connectivity index (χ2v) is 5.14. The molecular formula is C16H15N7. The molecule has 4 N–H and O–H groups in total. The molecule has 0 aliphatic heterocycles. The average Bonchev–Trinajstić information content (AvgIpc) is 3.25. The van der Waals surface area contributed by atoms with E-state index in [0.29, 0.717) is 12.4 Å². The van der Waals surface area contributed by atoms with Crippen molar-refractivity contribution in [2.24, 2.45) is 0 Å². The molecule has 0 aliphatic rings. The normalized spacial score (nSPS) is 11.0. The summed E-state index contributed by atoms with van der Waals surface area (Å²) in [5.41, 5.74) is 8.63. The quantitative estimate of drug-likeness (QED) is 0.537. The Morgan fingerprint density at radius 3 is 2.96 bits per heavy atom. The monoisotopic (exact) mass is 305 g/mol. The Morgan fingerprint density at radius 1 is 1.22 bits per heavy atom. The number of pyridine rings is 1. The van der Waals surface area contributed by atoms with Crippen molar-refractivity contribution in [1.29, 1.82) is 0 Å². The first-order chi connectivity index (χ1) is 11.3. The van der Waals surface area contributed by atoms with Gasteiger partial charge in [0.1, 0.15) is 11.6 Å². The fourth-order valence-electron chi connectivity index (χ4n) is 2.52. The Kier molecular flexibility index (Phi) is 3.16. The summed E-state index contributed by atoms with van der Waals surface area (Å²) in [6, 6.07) is 9.71. The van der Waals surface area contributed by atoms with Crippen LogP contribution in [0, 0.1) is 0 Å². The lowest BCUT2D eigenvalue weighted by Crippen LogP contribution is -2.04. The highest BCUT2D eigenvalue weighted by molar-refractivity contribution is 5.93. The molecule has 0 fully saturated rings. The maximum absolute atomic E-state index is 5.95. The maximum Gasteiger partial charge on any atom is 0.126 e. The van der Waals surface area contributed by atoms with Crippen LogP contribution in [0.4, 0.5) is 11.5 Å². The van der Waals surface area contributed by atoms with Crippen molar-refractivity contribution in [2.75, 3.05) is 11.1 Å². The van der Waals surface area contributed by atoms with Crippen LogP contribution < -0.4 is 11.1 Å². The number of anilines is 2. The van der Waals surface area contributed by atoms with E-state index in [4.69, 9.17) is 5.73 Å². The third-order valence-corrected chi connectivity index (χ3v) is 3.58. The number of benzene rings is 1. The molecular weight excluding hydrogens is 290 g/mol. The highest BCUT2D eigenvalue weighted by atomic mass is 15.3. The number of nitrogens with zero attached hydrogens (tertiary/aromatic N) is 4. The molecule has 0 saturated heterocycles. The van der Waals surface area contributed by atoms with Gasteiger partial charge in [0.2, 0.25) is 0 Å². The third-order valence-electron chi connectivity index (χ3n) is 3.58. The second-order valence-electron chi connectivity index (χ2n) is 5.14. The van der Waals surface area contributed by atoms with Crippen LogP contribution in [-0.4, -0.2) is 24.7 Å². The van der Waals surface area contributed by atoms with Crippen LogP contribution in [0.2, 0.25) is 0 Å². The minimum absolute atomic E-state index is 0.470. The maximum atomic E-state index is 5.95. The minimum atomic E-state index is 0.470. The number of fused-ring (bicyclic) bond motifs is 1. The first-order valence-electron chi connectivity index (χ1n) is 7.22. The summed E-state index contributed by atoms with van der Waals surface area (Å²) >= 11 is 0. The molecule has 0 atom stereocenters. The summed E-state index contributed by atoms with van der Waals surface area (Å²) in [7, 11) is 0. The molecule has 7 nitrogen and oxygen atoms in total. The lowest BCUT2D eigenvalue weighted by molar-refractivity contribution is 0.881. The topological polar surface area (TPSA) is 97.4 Å². The second kappa shape index (κ2) is 5.45. The predicted molar refractivity (Wildman–Crippen MR) is 89.2 cm³/mol. The van der Waals surface area contributed by atoms with E-state index in [1.807, 2.05) is 36.5 Å². The molecule has 1 aromatic carbocycles. The van der Waals surface area contributed by atoms with Crippen LogP contribution in [0.15, 0.2) is 55.1 Å². The third kappa shape index (κ3) is 2.59. The van der Waals surface area contributed by atoms with Crippen molar-refractivity contribution in [3.63, 3.8) is 0 Å². The number of nitrogen functional groups attached to an aromatic ring is 1. The summed E-state index contributed by atoms with van der Waals surface area (Å²) < 4.78 is 1.79. The molecule has 114 valence electrons. The van der Waals surface area contributed by atoms with Gasteiger partial charge in [0.15, 0.2) is 0 Å². The molecule has 3 heterocycles. The van der Waals surface area contributed by atoms with Crippen LogP contribution in [0.5, 0.6) is 0 Å². The van der Waals surface area contributed by atoms with Gasteiger partial charge in [0.05, 0.1) is 17.7 Å². The van der Waals surface area contributed by atoms with Gasteiger partial charge in [-0.2, -0.15) is 5.10 Å². The molecule has 0 spiro atoms. The molecule has 0 radical (unpaired) electrons. The zero-order valence-corrected chi connectivity index (χ0v) is 12.3. The number of H-pyrrole nitrogens is 1. The summed E-state index contributed by atoms with van der Waals surface area (Å²) in [4.78, 5) is 11.7. The fourth-order valence-corrected chi connectivity index (χ4v) is 2.52. The van der Waals surface area contributed by atoms with E-state index in [0.717, 1.165) is 28.1 Å². The van der Waals surface area contributed by atoms with Gasteiger partial charge >= 0.3 is 0 Å². The number of rotatable bonds is 4. The molecule has 7 heteroatoms. The van der Waals surface area contributed by atoms with Crippen LogP contribution in [0.25, 0.3) is 16.6 Å². The van der Waals surface area contributed by atoms with Gasteiger partial charge in [0, 0.05) is 41.9 Å². The number of hydrogen-bond donors (Lipinski definition) is 3. The van der Waals surface area contributed by atoms with Gasteiger partial charge in [-0.15, -0.1) is 0 Å². The summed E-state index contributed by atoms with van der Waals surface area (Å²) in [6.45, 7) is 0.590. The minimum Gasteiger partial charge on any atom is -0.384 e. The van der Waals surface area contributed by atoms with Gasteiger partial charge in [-0.05, 0) is 24.3 Å². The van der Waals surface area contributed by atoms with Gasteiger partial charge in [-0.3, -0.25) is 0 Å². The van der Waals surface area contributed by atoms with Gasteiger partial charge in [0.25, 0.3) is 0 Å². The van der Waals surface area contributed by atoms with E-state index in [1.165, 1.54) is 0 Å². The highest BCUT2D eigenvalue weighted by Gasteiger charge is 2.07. The van der Waals surface area contributed by atoms with Crippen LogP contribution in [0.3, 0.4) is 0 Å². The molecule has 0 unspecified atom stereocenters. The van der Waals surface area contributed by atoms with E-state index in [1.54, 1.807) is 23.3 Å². The molecule has 0 amide bonds. The highest BCUT2D eigenvalue weighted by Crippen LogP contribution is 2.26. The first kappa shape index (κ1) is 13.3. The van der Waals surface area contributed by atoms with E-state index in [-0.39, 0.29) is 0 Å². The Balaban J connectivity index is 1.73. The van der Waals surface area contributed by atoms with Crippen molar-refractivity contribution < 1.29 is 0 Å². The Hall–Kier alpha value is -3.35. The zero-order valence-electron chi connectivity index (χ0n) is 12.3. The van der Waals surface area contributed by atoms with Crippen molar-refractivity contribution in [3.8, 4) is 5.69 Å². The Bertz CT molecular complexity index is 927. The molecule has 3 aromatic heterocycles. The van der Waals surface area contributed by atoms with Crippen LogP contribution >= 0.6 is 0 Å². The largest absolute Gasteiger partial charge is 0.384 e. The number of aromatic amines is 1. The summed E-state index contributed by atoms with van der Waals surface area (Å²) in [5.74, 6) is 1.33. The Labute approximate surface area is 132 Å². The van der Waals surface area contributed by atoms with E-state index >= 15 is 0 Å². The number of imidazole rings is 1. The molecule has 0 aliphatic carbocycles. The lowest BCUT2D eigenvalue weighted by Gasteiger charge is -2.11. The van der Waals surface area contributed by atoms with Crippen LogP contribution in [0.1, 0.15) is 5.82 Å². The van der Waals surface area contributed by atoms with E-state index < -0.39 is 0 Å². The smallest absolute Gasteiger partial charge is 0.126 e. The number of aromatic nitrogens is 5. The Morgan fingerprint density at radius 2 is 2.17 bits per heavy atom. The molecule has 4 rings (SSSR count). The van der Waals surface area contributed by atoms with Crippen molar-refractivity contribution >= 4 is 22.4 Å². The fraction of sp³-hybridized carbons (Fsp3) is 0.0625. The van der Waals surface area contributed by atoms with E-state index in [9.17, 15) is 0 Å². The predicted octanol–water partition coefficient (Wildman–Crippen LogP) is 2.34. The van der Waals surface area contributed by atoms with E-state index in [2.05, 4.69) is 25.4 Å². The molecule has 23 heavy (non-hydrogen) atoms. The molecule has 4 aromatic rings. The SMILES string of the molecule is Nc1cc(NCc2ncc[nH]2)c2ccc(-n3cccn3)cc2n1. The zero-order chi connectivity index (χ0) is 15.6. The first-order valence-corrected chi connectivity index (χ1v) is 7.22. The standard InChI is InChI=1S/C16H15N7/c17-15-9-13(20-10-16-18-5-6-19-16)12-3-2-11(8-14(12)22-15)23-7-1-4-21-23/h1-9H,10H2,(H,18,19)(H3,17,20,22). The lowest BCUT2D eigenvalue weighted by atomic mass is 10.1. The number of nitrogens with two attached hydrogens (primary N) is 1. The number of hydrogen-bond acceptors (Lipinski definition) is 5. The van der Waals surface area contributed by atoms with Gasteiger partial charge < -0.3 is 16.0 Å². The van der Waals surface area contributed by atoms with Crippen molar-refractivity contribution in [3.05, 3.63) is 60.9 Å². The van der Waals surface area contributed by atoms with Crippen molar-refractivity contribution in [1.82, 2.24) is 24.7 Å². The molecule has 0 bridgehead atoms. The van der Waals surface area contributed by atoms with Gasteiger partial charge in [-0.25, -0.2) is 14.6 Å². The molecule has 0 saturated carbocycles. The van der Waals surface area contributed by atoms with Crippen LogP contribution in [-0.2, 0) is 6.54 Å². The average molecular weight is 305 g/mol. The summed E-state index contributed by atoms with van der Waals surface area (Å²) in [6.07, 6.45) is 7.16. The van der Waals surface area contributed by atoms with Gasteiger partial charge in [-0.1, -0.05) is 0 Å². The number of nitrogens with one attached hydrogen (secondary N) is 2. The summed E-state index contributed by atoms with van der Waals surface area (Å²) in [5, 5.41) is 8.59.